The van der Waals surface area contributed by atoms with Crippen LogP contribution in [0.5, 0.6) is 0 Å². The van der Waals surface area contributed by atoms with Gasteiger partial charge in [-0.2, -0.15) is 0 Å². The molecule has 16 nitrogen and oxygen atoms in total. The first kappa shape index (κ1) is 30.0. The number of hydrogen-bond donors (Lipinski definition) is 9. The van der Waals surface area contributed by atoms with E-state index in [1.54, 1.807) is 0 Å². The minimum atomic E-state index is -1.64. The number of nitrogens with one attached hydrogen (secondary N) is 4. The van der Waals surface area contributed by atoms with Crippen LogP contribution in [-0.2, 0) is 35.2 Å². The van der Waals surface area contributed by atoms with Crippen LogP contribution in [0.25, 0.3) is 0 Å². The van der Waals surface area contributed by atoms with Crippen molar-refractivity contribution in [3.05, 3.63) is 18.2 Å². The Morgan fingerprint density at radius 3 is 2.06 bits per heavy atom. The summed E-state index contributed by atoms with van der Waals surface area (Å²) in [6.07, 6.45) is 2.17. The summed E-state index contributed by atoms with van der Waals surface area (Å²) in [6.45, 7) is 0.301. The van der Waals surface area contributed by atoms with Gasteiger partial charge in [-0.05, 0) is 25.8 Å². The average molecular weight is 513 g/mol. The smallest absolute Gasteiger partial charge is 0.326 e. The topological polar surface area (TPSA) is 286 Å². The van der Waals surface area contributed by atoms with Crippen molar-refractivity contribution in [2.24, 2.45) is 17.2 Å². The van der Waals surface area contributed by atoms with Gasteiger partial charge in [-0.1, -0.05) is 0 Å². The van der Waals surface area contributed by atoms with Crippen LogP contribution in [0.15, 0.2) is 12.5 Å². The normalized spacial score (nSPS) is 14.1. The number of hydrogen-bond acceptors (Lipinski definition) is 9. The maximum Gasteiger partial charge on any atom is 0.326 e. The van der Waals surface area contributed by atoms with E-state index in [1.807, 2.05) is 0 Å². The monoisotopic (exact) mass is 512 g/mol. The highest BCUT2D eigenvalue weighted by molar-refractivity contribution is 5.96. The average Bonchev–Trinajstić information content (AvgIpc) is 3.29. The second kappa shape index (κ2) is 15.0. The molecule has 1 aromatic heterocycles. The number of aliphatic carboxylic acids is 2. The lowest BCUT2D eigenvalue weighted by Crippen LogP contribution is -2.57. The standard InChI is InChI=1S/C20H32N8O8/c21-4-2-1-3-12(18(33)28-14(20(35)36)5-10-8-24-9-25-10)26-19(34)13(7-16(30)31)27-17(32)11(22)6-15(23)29/h8-9,11-14H,1-7,21-22H2,(H2,23,29)(H,24,25)(H,26,34)(H,27,32)(H,28,33)(H,30,31)(H,35,36). The lowest BCUT2D eigenvalue weighted by molar-refractivity contribution is -0.143. The number of unbranched alkanes of at least 4 members (excludes halogenated alkanes) is 1. The van der Waals surface area contributed by atoms with Gasteiger partial charge in [0.15, 0.2) is 0 Å². The van der Waals surface area contributed by atoms with Gasteiger partial charge in [-0.3, -0.25) is 24.0 Å². The molecule has 4 atom stereocenters. The maximum absolute atomic E-state index is 12.9. The number of carbonyl (C=O) groups excluding carboxylic acids is 4. The van der Waals surface area contributed by atoms with E-state index >= 15 is 0 Å². The van der Waals surface area contributed by atoms with Crippen LogP contribution in [0.4, 0.5) is 0 Å². The minimum absolute atomic E-state index is 0.0557. The molecule has 0 aliphatic heterocycles. The quantitative estimate of drug-likeness (QED) is 0.0915. The van der Waals surface area contributed by atoms with Crippen molar-refractivity contribution in [2.45, 2.75) is 62.7 Å². The molecule has 4 unspecified atom stereocenters. The molecular weight excluding hydrogens is 480 g/mol. The van der Waals surface area contributed by atoms with Crippen LogP contribution in [0, 0.1) is 0 Å². The van der Waals surface area contributed by atoms with Gasteiger partial charge >= 0.3 is 11.9 Å². The number of H-pyrrole nitrogens is 1. The lowest BCUT2D eigenvalue weighted by atomic mass is 10.1. The van der Waals surface area contributed by atoms with Gasteiger partial charge < -0.3 is 48.3 Å². The predicted molar refractivity (Wildman–Crippen MR) is 123 cm³/mol. The number of nitrogens with two attached hydrogens (primary N) is 3. The van der Waals surface area contributed by atoms with E-state index in [-0.39, 0.29) is 12.8 Å². The Labute approximate surface area is 205 Å². The van der Waals surface area contributed by atoms with E-state index in [1.165, 1.54) is 12.5 Å². The molecule has 36 heavy (non-hydrogen) atoms. The van der Waals surface area contributed by atoms with E-state index in [0.717, 1.165) is 0 Å². The molecule has 0 spiro atoms. The van der Waals surface area contributed by atoms with E-state index in [0.29, 0.717) is 25.1 Å². The number of rotatable bonds is 17. The summed E-state index contributed by atoms with van der Waals surface area (Å²) in [6, 6.07) is -5.68. The first-order valence-electron chi connectivity index (χ1n) is 11.0. The Morgan fingerprint density at radius 1 is 0.917 bits per heavy atom. The van der Waals surface area contributed by atoms with Gasteiger partial charge in [0.25, 0.3) is 0 Å². The van der Waals surface area contributed by atoms with E-state index < -0.39 is 72.6 Å². The second-order valence-corrected chi connectivity index (χ2v) is 7.96. The van der Waals surface area contributed by atoms with Crippen LogP contribution in [0.3, 0.4) is 0 Å². The number of carbonyl (C=O) groups is 6. The number of imidazole rings is 1. The number of nitrogens with zero attached hydrogens (tertiary/aromatic N) is 1. The first-order chi connectivity index (χ1) is 16.9. The molecule has 0 radical (unpaired) electrons. The molecule has 1 heterocycles. The molecule has 0 aromatic carbocycles. The Hall–Kier alpha value is -4.05. The Bertz CT molecular complexity index is 923. The molecule has 1 rings (SSSR count). The van der Waals surface area contributed by atoms with E-state index in [9.17, 15) is 33.9 Å². The van der Waals surface area contributed by atoms with Crippen LogP contribution in [0.1, 0.15) is 37.8 Å². The van der Waals surface area contributed by atoms with Crippen LogP contribution >= 0.6 is 0 Å². The van der Waals surface area contributed by atoms with E-state index in [2.05, 4.69) is 25.9 Å². The molecule has 0 saturated heterocycles. The van der Waals surface area contributed by atoms with Gasteiger partial charge in [0.2, 0.25) is 23.6 Å². The first-order valence-corrected chi connectivity index (χ1v) is 11.0. The van der Waals surface area contributed by atoms with Crippen molar-refractivity contribution in [1.82, 2.24) is 25.9 Å². The third-order valence-electron chi connectivity index (χ3n) is 4.94. The molecule has 0 aliphatic rings. The van der Waals surface area contributed by atoms with Crippen molar-refractivity contribution in [3.63, 3.8) is 0 Å². The number of amides is 4. The number of carboxylic acid groups (broad SMARTS) is 2. The number of carboxylic acids is 2. The van der Waals surface area contributed by atoms with Crippen molar-refractivity contribution >= 4 is 35.6 Å². The Morgan fingerprint density at radius 2 is 1.53 bits per heavy atom. The summed E-state index contributed by atoms with van der Waals surface area (Å²) < 4.78 is 0. The minimum Gasteiger partial charge on any atom is -0.481 e. The van der Waals surface area contributed by atoms with Gasteiger partial charge in [-0.25, -0.2) is 9.78 Å². The summed E-state index contributed by atoms with van der Waals surface area (Å²) in [4.78, 5) is 78.3. The molecule has 0 bridgehead atoms. The van der Waals surface area contributed by atoms with Gasteiger partial charge in [0, 0.05) is 18.3 Å². The molecule has 4 amide bonds. The molecule has 16 heteroatoms. The second-order valence-electron chi connectivity index (χ2n) is 7.96. The molecule has 12 N–H and O–H groups in total. The third kappa shape index (κ3) is 10.9. The third-order valence-corrected chi connectivity index (χ3v) is 4.94. The molecule has 1 aromatic rings. The predicted octanol–water partition coefficient (Wildman–Crippen LogP) is -3.70. The van der Waals surface area contributed by atoms with Gasteiger partial charge in [-0.15, -0.1) is 0 Å². The summed E-state index contributed by atoms with van der Waals surface area (Å²) in [7, 11) is 0. The van der Waals surface area contributed by atoms with Crippen molar-refractivity contribution in [2.75, 3.05) is 6.54 Å². The maximum atomic E-state index is 12.9. The van der Waals surface area contributed by atoms with Gasteiger partial charge in [0.1, 0.15) is 18.1 Å². The van der Waals surface area contributed by atoms with Gasteiger partial charge in [0.05, 0.1) is 25.2 Å². The highest BCUT2D eigenvalue weighted by Gasteiger charge is 2.31. The zero-order chi connectivity index (χ0) is 27.3. The van der Waals surface area contributed by atoms with Crippen LogP contribution in [-0.4, -0.2) is 86.5 Å². The highest BCUT2D eigenvalue weighted by Crippen LogP contribution is 2.06. The lowest BCUT2D eigenvalue weighted by Gasteiger charge is -2.24. The SMILES string of the molecule is NCCCCC(NC(=O)C(CC(=O)O)NC(=O)C(N)CC(N)=O)C(=O)NC(Cc1cnc[nH]1)C(=O)O. The van der Waals surface area contributed by atoms with Crippen LogP contribution in [0.2, 0.25) is 0 Å². The summed E-state index contributed by atoms with van der Waals surface area (Å²) >= 11 is 0. The van der Waals surface area contributed by atoms with Crippen LogP contribution < -0.4 is 33.2 Å². The van der Waals surface area contributed by atoms with Crippen molar-refractivity contribution < 1.29 is 39.0 Å². The van der Waals surface area contributed by atoms with Crippen molar-refractivity contribution in [3.8, 4) is 0 Å². The largest absolute Gasteiger partial charge is 0.481 e. The molecule has 0 aliphatic carbocycles. The van der Waals surface area contributed by atoms with Crippen molar-refractivity contribution in [1.29, 1.82) is 0 Å². The number of primary amides is 1. The fourth-order valence-corrected chi connectivity index (χ4v) is 3.09. The summed E-state index contributed by atoms with van der Waals surface area (Å²) in [5, 5.41) is 25.5. The molecule has 0 saturated carbocycles. The number of aromatic nitrogens is 2. The zero-order valence-electron chi connectivity index (χ0n) is 19.4. The summed E-state index contributed by atoms with van der Waals surface area (Å²) in [5.74, 6) is -6.50. The number of aromatic amines is 1. The van der Waals surface area contributed by atoms with E-state index in [4.69, 9.17) is 22.3 Å². The highest BCUT2D eigenvalue weighted by atomic mass is 16.4. The summed E-state index contributed by atoms with van der Waals surface area (Å²) in [5.41, 5.74) is 16.4. The zero-order valence-corrected chi connectivity index (χ0v) is 19.4. The Balaban J connectivity index is 2.99. The molecular formula is C20H32N8O8. The fraction of sp³-hybridized carbons (Fsp3) is 0.550. The Kier molecular flexibility index (Phi) is 12.5. The molecule has 0 fully saturated rings. The molecule has 200 valence electrons. The fourth-order valence-electron chi connectivity index (χ4n) is 3.09.